The van der Waals surface area contributed by atoms with Crippen LogP contribution >= 0.6 is 0 Å². The van der Waals surface area contributed by atoms with Crippen molar-refractivity contribution in [2.24, 2.45) is 10.4 Å². The molecule has 8 heteroatoms. The Hall–Kier alpha value is -1.64. The molecule has 2 fully saturated rings. The molecule has 1 aromatic rings. The molecule has 1 heterocycles. The van der Waals surface area contributed by atoms with E-state index in [1.165, 1.54) is 32.1 Å². The third-order valence-corrected chi connectivity index (χ3v) is 7.33. The molecule has 3 rings (SSSR count). The highest BCUT2D eigenvalue weighted by Crippen LogP contribution is 2.45. The summed E-state index contributed by atoms with van der Waals surface area (Å²) in [6, 6.07) is 7.01. The van der Waals surface area contributed by atoms with Gasteiger partial charge in [0.2, 0.25) is 10.0 Å². The predicted molar refractivity (Wildman–Crippen MR) is 111 cm³/mol. The van der Waals surface area contributed by atoms with E-state index >= 15 is 0 Å². The molecule has 0 unspecified atom stereocenters. The molecular formula is C20H32N4O3S. The van der Waals surface area contributed by atoms with Crippen LogP contribution in [0.4, 0.5) is 0 Å². The smallest absolute Gasteiger partial charge is 0.240 e. The first-order valence-corrected chi connectivity index (χ1v) is 11.5. The number of benzene rings is 1. The third-order valence-electron chi connectivity index (χ3n) is 5.87. The molecule has 1 aromatic carbocycles. The summed E-state index contributed by atoms with van der Waals surface area (Å²) in [4.78, 5) is 7.06. The number of likely N-dealkylation sites (tertiary alicyclic amines) is 1. The van der Waals surface area contributed by atoms with Crippen molar-refractivity contribution in [1.29, 1.82) is 0 Å². The van der Waals surface area contributed by atoms with E-state index in [0.29, 0.717) is 18.6 Å². The predicted octanol–water partition coefficient (Wildman–Crippen LogP) is 1.95. The SMILES string of the molecule is CN=C(NCc1cccc(S(=O)(=O)NCCOC)c1)N1CCC2(CCCC2)C1. The van der Waals surface area contributed by atoms with Crippen LogP contribution in [-0.2, 0) is 21.3 Å². The van der Waals surface area contributed by atoms with Gasteiger partial charge in [-0.2, -0.15) is 0 Å². The molecule has 156 valence electrons. The molecule has 0 aromatic heterocycles. The van der Waals surface area contributed by atoms with E-state index < -0.39 is 10.0 Å². The van der Waals surface area contributed by atoms with E-state index in [2.05, 4.69) is 19.9 Å². The monoisotopic (exact) mass is 408 g/mol. The van der Waals surface area contributed by atoms with E-state index in [1.54, 1.807) is 25.3 Å². The molecule has 0 atom stereocenters. The summed E-state index contributed by atoms with van der Waals surface area (Å²) < 4.78 is 32.2. The van der Waals surface area contributed by atoms with Crippen LogP contribution in [0.5, 0.6) is 0 Å². The van der Waals surface area contributed by atoms with Gasteiger partial charge in [-0.3, -0.25) is 4.99 Å². The maximum absolute atomic E-state index is 12.4. The van der Waals surface area contributed by atoms with Crippen LogP contribution in [0.2, 0.25) is 0 Å². The maximum atomic E-state index is 12.4. The van der Waals surface area contributed by atoms with E-state index in [-0.39, 0.29) is 11.4 Å². The number of nitrogens with zero attached hydrogens (tertiary/aromatic N) is 2. The number of aliphatic imine (C=N–C) groups is 1. The molecule has 0 amide bonds. The van der Waals surface area contributed by atoms with Crippen molar-refractivity contribution in [2.75, 3.05) is 40.4 Å². The van der Waals surface area contributed by atoms with Gasteiger partial charge in [0.05, 0.1) is 11.5 Å². The Labute approximate surface area is 168 Å². The Bertz CT molecular complexity index is 788. The van der Waals surface area contributed by atoms with Gasteiger partial charge < -0.3 is 15.0 Å². The van der Waals surface area contributed by atoms with Crippen molar-refractivity contribution in [3.8, 4) is 0 Å². The van der Waals surface area contributed by atoms with E-state index in [0.717, 1.165) is 24.6 Å². The quantitative estimate of drug-likeness (QED) is 0.409. The minimum absolute atomic E-state index is 0.255. The second-order valence-electron chi connectivity index (χ2n) is 7.82. The zero-order chi connectivity index (χ0) is 20.0. The fraction of sp³-hybridized carbons (Fsp3) is 0.650. The number of ether oxygens (including phenoxy) is 1. The van der Waals surface area contributed by atoms with Gasteiger partial charge in [0.1, 0.15) is 0 Å². The van der Waals surface area contributed by atoms with Crippen LogP contribution in [0.25, 0.3) is 0 Å². The van der Waals surface area contributed by atoms with Gasteiger partial charge in [-0.1, -0.05) is 25.0 Å². The molecule has 1 aliphatic carbocycles. The largest absolute Gasteiger partial charge is 0.383 e. The Balaban J connectivity index is 1.59. The number of hydrogen-bond donors (Lipinski definition) is 2. The van der Waals surface area contributed by atoms with E-state index in [1.807, 2.05) is 13.1 Å². The number of hydrogen-bond acceptors (Lipinski definition) is 4. The van der Waals surface area contributed by atoms with Crippen molar-refractivity contribution < 1.29 is 13.2 Å². The lowest BCUT2D eigenvalue weighted by molar-refractivity contribution is 0.204. The molecule has 1 spiro atoms. The van der Waals surface area contributed by atoms with Gasteiger partial charge in [-0.25, -0.2) is 13.1 Å². The summed E-state index contributed by atoms with van der Waals surface area (Å²) in [6.07, 6.45) is 6.60. The Morgan fingerprint density at radius 1 is 1.29 bits per heavy atom. The third kappa shape index (κ3) is 5.04. The Kier molecular flexibility index (Phi) is 6.95. The molecule has 0 radical (unpaired) electrons. The number of sulfonamides is 1. The lowest BCUT2D eigenvalue weighted by Crippen LogP contribution is -2.40. The van der Waals surface area contributed by atoms with Crippen molar-refractivity contribution in [3.05, 3.63) is 29.8 Å². The standard InChI is InChI=1S/C20H32N4O3S/c1-21-19(24-12-10-20(16-24)8-3-4-9-20)22-15-17-6-5-7-18(14-17)28(25,26)23-11-13-27-2/h5-7,14,23H,3-4,8-13,15-16H2,1-2H3,(H,21,22). The van der Waals surface area contributed by atoms with Crippen LogP contribution in [0.1, 0.15) is 37.7 Å². The number of guanidine groups is 1. The summed E-state index contributed by atoms with van der Waals surface area (Å²) in [5, 5.41) is 3.41. The minimum atomic E-state index is -3.53. The van der Waals surface area contributed by atoms with Crippen LogP contribution in [0, 0.1) is 5.41 Å². The zero-order valence-electron chi connectivity index (χ0n) is 16.9. The summed E-state index contributed by atoms with van der Waals surface area (Å²) >= 11 is 0. The summed E-state index contributed by atoms with van der Waals surface area (Å²) in [7, 11) is -0.176. The van der Waals surface area contributed by atoms with E-state index in [4.69, 9.17) is 4.74 Å². The van der Waals surface area contributed by atoms with Gasteiger partial charge in [0.15, 0.2) is 5.96 Å². The lowest BCUT2D eigenvalue weighted by Gasteiger charge is -2.26. The average molecular weight is 409 g/mol. The molecule has 2 N–H and O–H groups in total. The maximum Gasteiger partial charge on any atom is 0.240 e. The number of methoxy groups -OCH3 is 1. The average Bonchev–Trinajstić information content (AvgIpc) is 3.33. The molecular weight excluding hydrogens is 376 g/mol. The molecule has 1 saturated carbocycles. The fourth-order valence-electron chi connectivity index (χ4n) is 4.35. The van der Waals surface area contributed by atoms with Gasteiger partial charge >= 0.3 is 0 Å². The van der Waals surface area contributed by atoms with Crippen LogP contribution in [0.15, 0.2) is 34.2 Å². The van der Waals surface area contributed by atoms with E-state index in [9.17, 15) is 8.42 Å². The first-order chi connectivity index (χ1) is 13.5. The molecule has 7 nitrogen and oxygen atoms in total. The highest BCUT2D eigenvalue weighted by molar-refractivity contribution is 7.89. The second kappa shape index (κ2) is 9.24. The molecule has 1 saturated heterocycles. The summed E-state index contributed by atoms with van der Waals surface area (Å²) in [5.74, 6) is 0.898. The van der Waals surface area contributed by atoms with Crippen LogP contribution in [-0.4, -0.2) is 59.7 Å². The lowest BCUT2D eigenvalue weighted by atomic mass is 9.86. The first-order valence-electron chi connectivity index (χ1n) is 10.0. The normalized spacial score (nSPS) is 19.5. The van der Waals surface area contributed by atoms with Crippen molar-refractivity contribution in [2.45, 2.75) is 43.5 Å². The topological polar surface area (TPSA) is 83.0 Å². The van der Waals surface area contributed by atoms with Crippen molar-refractivity contribution >= 4 is 16.0 Å². The minimum Gasteiger partial charge on any atom is -0.383 e. The molecule has 28 heavy (non-hydrogen) atoms. The van der Waals surface area contributed by atoms with Crippen LogP contribution in [0.3, 0.4) is 0 Å². The van der Waals surface area contributed by atoms with Crippen molar-refractivity contribution in [3.63, 3.8) is 0 Å². The summed E-state index contributed by atoms with van der Waals surface area (Å²) in [5.41, 5.74) is 1.39. The highest BCUT2D eigenvalue weighted by atomic mass is 32.2. The highest BCUT2D eigenvalue weighted by Gasteiger charge is 2.41. The molecule has 0 bridgehead atoms. The Morgan fingerprint density at radius 2 is 2.07 bits per heavy atom. The summed E-state index contributed by atoms with van der Waals surface area (Å²) in [6.45, 7) is 3.25. The van der Waals surface area contributed by atoms with Gasteiger partial charge in [-0.05, 0) is 42.4 Å². The number of nitrogens with one attached hydrogen (secondary N) is 2. The van der Waals surface area contributed by atoms with Gasteiger partial charge in [0, 0.05) is 40.3 Å². The van der Waals surface area contributed by atoms with Crippen LogP contribution < -0.4 is 10.0 Å². The van der Waals surface area contributed by atoms with Gasteiger partial charge in [-0.15, -0.1) is 0 Å². The fourth-order valence-corrected chi connectivity index (χ4v) is 5.43. The number of rotatable bonds is 7. The zero-order valence-corrected chi connectivity index (χ0v) is 17.7. The second-order valence-corrected chi connectivity index (χ2v) is 9.58. The van der Waals surface area contributed by atoms with Gasteiger partial charge in [0.25, 0.3) is 0 Å². The first kappa shape index (κ1) is 21.1. The van der Waals surface area contributed by atoms with Crippen molar-refractivity contribution in [1.82, 2.24) is 14.9 Å². The Morgan fingerprint density at radius 3 is 2.79 bits per heavy atom. The molecule has 1 aliphatic heterocycles. The molecule has 2 aliphatic rings.